The number of ether oxygens (including phenoxy) is 2. The fraction of sp³-hybridized carbons (Fsp3) is 0.269. The normalized spacial score (nSPS) is 17.8. The fourth-order valence-electron chi connectivity index (χ4n) is 4.23. The molecule has 10 heteroatoms. The molecule has 3 aromatic carbocycles. The first-order chi connectivity index (χ1) is 17.3. The van der Waals surface area contributed by atoms with Crippen LogP contribution in [0.2, 0.25) is 5.02 Å². The molecule has 0 radical (unpaired) electrons. The molecule has 1 saturated heterocycles. The van der Waals surface area contributed by atoms with Crippen LogP contribution in [0, 0.1) is 6.92 Å². The summed E-state index contributed by atoms with van der Waals surface area (Å²) in [4.78, 5) is 15.5. The van der Waals surface area contributed by atoms with E-state index in [1.807, 2.05) is 31.2 Å². The highest BCUT2D eigenvalue weighted by molar-refractivity contribution is 7.92. The molecular formula is C26H26ClN3O5S. The Labute approximate surface area is 215 Å². The van der Waals surface area contributed by atoms with Crippen molar-refractivity contribution < 1.29 is 22.7 Å². The van der Waals surface area contributed by atoms with Crippen molar-refractivity contribution in [1.82, 2.24) is 0 Å². The summed E-state index contributed by atoms with van der Waals surface area (Å²) in [6.45, 7) is 4.69. The standard InChI is InChI=1S/C26H26ClN3O5S/c1-18-2-9-22(10-3-18)36(32,33)30-17-25(35-24-11-4-19(27)16-23(24)30)26(31)28-20-5-7-21(8-6-20)29-12-14-34-15-13-29/h2-11,16,25H,12-15,17H2,1H3,(H,28,31)/t25-/m1/s1. The Kier molecular flexibility index (Phi) is 6.79. The number of aryl methyl sites for hydroxylation is 1. The number of fused-ring (bicyclic) bond motifs is 1. The van der Waals surface area contributed by atoms with E-state index in [0.717, 1.165) is 24.3 Å². The van der Waals surface area contributed by atoms with Gasteiger partial charge in [0.05, 0.1) is 30.3 Å². The molecule has 36 heavy (non-hydrogen) atoms. The van der Waals surface area contributed by atoms with Crippen LogP contribution in [0.25, 0.3) is 0 Å². The van der Waals surface area contributed by atoms with Gasteiger partial charge in [0.1, 0.15) is 5.75 Å². The summed E-state index contributed by atoms with van der Waals surface area (Å²) in [6, 6.07) is 18.8. The van der Waals surface area contributed by atoms with Gasteiger partial charge >= 0.3 is 0 Å². The highest BCUT2D eigenvalue weighted by Gasteiger charge is 2.37. The van der Waals surface area contributed by atoms with Gasteiger partial charge in [0, 0.05) is 29.5 Å². The summed E-state index contributed by atoms with van der Waals surface area (Å²) in [5, 5.41) is 3.21. The summed E-state index contributed by atoms with van der Waals surface area (Å²) in [5.74, 6) is -0.178. The number of carbonyl (C=O) groups is 1. The van der Waals surface area contributed by atoms with E-state index in [1.54, 1.807) is 36.4 Å². The van der Waals surface area contributed by atoms with Crippen LogP contribution >= 0.6 is 11.6 Å². The number of rotatable bonds is 5. The number of hydrogen-bond donors (Lipinski definition) is 1. The third kappa shape index (κ3) is 5.00. The predicted octanol–water partition coefficient (Wildman–Crippen LogP) is 4.08. The zero-order chi connectivity index (χ0) is 25.3. The molecule has 0 aromatic heterocycles. The molecule has 0 unspecified atom stereocenters. The van der Waals surface area contributed by atoms with Crippen molar-refractivity contribution >= 4 is 44.6 Å². The van der Waals surface area contributed by atoms with E-state index in [1.165, 1.54) is 10.4 Å². The van der Waals surface area contributed by atoms with E-state index in [9.17, 15) is 13.2 Å². The maximum atomic E-state index is 13.6. The minimum absolute atomic E-state index is 0.124. The smallest absolute Gasteiger partial charge is 0.267 e. The van der Waals surface area contributed by atoms with Crippen molar-refractivity contribution in [2.45, 2.75) is 17.9 Å². The summed E-state index contributed by atoms with van der Waals surface area (Å²) in [6.07, 6.45) is -1.06. The van der Waals surface area contributed by atoms with Crippen LogP contribution in [0.15, 0.2) is 71.6 Å². The molecular weight excluding hydrogens is 502 g/mol. The molecule has 8 nitrogen and oxygen atoms in total. The molecule has 1 amide bonds. The Morgan fingerprint density at radius 2 is 1.69 bits per heavy atom. The summed E-state index contributed by atoms with van der Waals surface area (Å²) >= 11 is 6.17. The number of morpholine rings is 1. The fourth-order valence-corrected chi connectivity index (χ4v) is 5.86. The van der Waals surface area contributed by atoms with Gasteiger partial charge in [-0.15, -0.1) is 0 Å². The number of benzene rings is 3. The van der Waals surface area contributed by atoms with Crippen LogP contribution in [0.3, 0.4) is 0 Å². The second kappa shape index (κ2) is 10.0. The molecule has 2 aliphatic rings. The Hall–Kier alpha value is -3.27. The van der Waals surface area contributed by atoms with Crippen LogP contribution in [0.4, 0.5) is 17.1 Å². The second-order valence-corrected chi connectivity index (χ2v) is 11.0. The molecule has 0 bridgehead atoms. The zero-order valence-corrected chi connectivity index (χ0v) is 21.3. The van der Waals surface area contributed by atoms with Gasteiger partial charge in [-0.3, -0.25) is 9.10 Å². The topological polar surface area (TPSA) is 88.2 Å². The molecule has 0 aliphatic carbocycles. The lowest BCUT2D eigenvalue weighted by molar-refractivity contribution is -0.122. The highest BCUT2D eigenvalue weighted by Crippen LogP contribution is 2.39. The van der Waals surface area contributed by atoms with Crippen molar-refractivity contribution in [2.24, 2.45) is 0 Å². The summed E-state index contributed by atoms with van der Waals surface area (Å²) in [7, 11) is -3.97. The molecule has 0 saturated carbocycles. The van der Waals surface area contributed by atoms with Gasteiger partial charge in [-0.25, -0.2) is 8.42 Å². The third-order valence-corrected chi connectivity index (χ3v) is 8.23. The maximum Gasteiger partial charge on any atom is 0.267 e. The van der Waals surface area contributed by atoms with Gasteiger partial charge in [0.15, 0.2) is 6.10 Å². The van der Waals surface area contributed by atoms with Crippen molar-refractivity contribution in [3.63, 3.8) is 0 Å². The van der Waals surface area contributed by atoms with Gasteiger partial charge in [0.2, 0.25) is 0 Å². The first-order valence-electron chi connectivity index (χ1n) is 11.6. The number of halogens is 1. The van der Waals surface area contributed by atoms with E-state index < -0.39 is 22.0 Å². The van der Waals surface area contributed by atoms with Crippen LogP contribution in [-0.2, 0) is 19.6 Å². The number of amides is 1. The lowest BCUT2D eigenvalue weighted by Crippen LogP contribution is -2.48. The van der Waals surface area contributed by atoms with E-state index in [-0.39, 0.29) is 17.2 Å². The van der Waals surface area contributed by atoms with Gasteiger partial charge in [-0.1, -0.05) is 29.3 Å². The van der Waals surface area contributed by atoms with E-state index >= 15 is 0 Å². The van der Waals surface area contributed by atoms with Crippen molar-refractivity contribution in [2.75, 3.05) is 47.4 Å². The largest absolute Gasteiger partial charge is 0.476 e. The Bertz CT molecular complexity index is 1360. The van der Waals surface area contributed by atoms with Crippen molar-refractivity contribution in [3.8, 4) is 5.75 Å². The Morgan fingerprint density at radius 1 is 1.00 bits per heavy atom. The van der Waals surface area contributed by atoms with Crippen LogP contribution in [0.5, 0.6) is 5.75 Å². The van der Waals surface area contributed by atoms with Gasteiger partial charge in [-0.2, -0.15) is 0 Å². The molecule has 0 spiro atoms. The Morgan fingerprint density at radius 3 is 2.39 bits per heavy atom. The average Bonchev–Trinajstić information content (AvgIpc) is 2.89. The first-order valence-corrected chi connectivity index (χ1v) is 13.4. The zero-order valence-electron chi connectivity index (χ0n) is 19.7. The van der Waals surface area contributed by atoms with Crippen molar-refractivity contribution in [3.05, 3.63) is 77.3 Å². The SMILES string of the molecule is Cc1ccc(S(=O)(=O)N2C[C@H](C(=O)Nc3ccc(N4CCOCC4)cc3)Oc3ccc(Cl)cc32)cc1. The van der Waals surface area contributed by atoms with Gasteiger partial charge in [-0.05, 0) is 61.5 Å². The molecule has 1 fully saturated rings. The molecule has 3 aromatic rings. The lowest BCUT2D eigenvalue weighted by Gasteiger charge is -2.35. The minimum Gasteiger partial charge on any atom is -0.476 e. The number of anilines is 3. The second-order valence-electron chi connectivity index (χ2n) is 8.70. The van der Waals surface area contributed by atoms with Gasteiger partial charge in [0.25, 0.3) is 15.9 Å². The van der Waals surface area contributed by atoms with Crippen molar-refractivity contribution in [1.29, 1.82) is 0 Å². The Balaban J connectivity index is 1.38. The molecule has 188 valence electrons. The minimum atomic E-state index is -3.97. The first kappa shape index (κ1) is 24.4. The number of nitrogens with zero attached hydrogens (tertiary/aromatic N) is 2. The monoisotopic (exact) mass is 527 g/mol. The van der Waals surface area contributed by atoms with Crippen LogP contribution in [0.1, 0.15) is 5.56 Å². The lowest BCUT2D eigenvalue weighted by atomic mass is 10.2. The molecule has 1 atom stereocenters. The highest BCUT2D eigenvalue weighted by atomic mass is 35.5. The summed E-state index contributed by atoms with van der Waals surface area (Å²) in [5.41, 5.74) is 2.88. The maximum absolute atomic E-state index is 13.6. The summed E-state index contributed by atoms with van der Waals surface area (Å²) < 4.78 is 39.6. The molecule has 1 N–H and O–H groups in total. The third-order valence-electron chi connectivity index (χ3n) is 6.20. The number of sulfonamides is 1. The quantitative estimate of drug-likeness (QED) is 0.538. The van der Waals surface area contributed by atoms with E-state index in [0.29, 0.717) is 29.6 Å². The molecule has 2 aliphatic heterocycles. The van der Waals surface area contributed by atoms with Gasteiger partial charge < -0.3 is 19.7 Å². The molecule has 2 heterocycles. The molecule has 5 rings (SSSR count). The predicted molar refractivity (Wildman–Crippen MR) is 140 cm³/mol. The van der Waals surface area contributed by atoms with Crippen LogP contribution in [-0.4, -0.2) is 53.3 Å². The number of hydrogen-bond acceptors (Lipinski definition) is 6. The number of carbonyl (C=O) groups excluding carboxylic acids is 1. The van der Waals surface area contributed by atoms with E-state index in [4.69, 9.17) is 21.1 Å². The van der Waals surface area contributed by atoms with Crippen LogP contribution < -0.4 is 19.3 Å². The number of nitrogens with one attached hydrogen (secondary N) is 1. The van der Waals surface area contributed by atoms with E-state index in [2.05, 4.69) is 10.2 Å². The average molecular weight is 528 g/mol.